The molecule has 0 heterocycles. The van der Waals surface area contributed by atoms with E-state index in [1.165, 1.54) is 6.42 Å². The van der Waals surface area contributed by atoms with E-state index in [2.05, 4.69) is 17.6 Å². The van der Waals surface area contributed by atoms with Crippen LogP contribution >= 0.6 is 0 Å². The minimum absolute atomic E-state index is 0.0592. The molecule has 1 aliphatic rings. The first-order valence-corrected chi connectivity index (χ1v) is 5.91. The molecule has 0 radical (unpaired) electrons. The molecule has 0 saturated heterocycles. The van der Waals surface area contributed by atoms with Gasteiger partial charge >= 0.3 is 6.03 Å². The van der Waals surface area contributed by atoms with Crippen molar-refractivity contribution >= 4 is 6.03 Å². The first kappa shape index (κ1) is 12.3. The van der Waals surface area contributed by atoms with Crippen molar-refractivity contribution < 1.29 is 9.90 Å². The predicted molar refractivity (Wildman–Crippen MR) is 59.7 cm³/mol. The maximum absolute atomic E-state index is 11.4. The monoisotopic (exact) mass is 214 g/mol. The van der Waals surface area contributed by atoms with Gasteiger partial charge in [0.05, 0.1) is 0 Å². The van der Waals surface area contributed by atoms with Gasteiger partial charge in [-0.3, -0.25) is 0 Å². The molecule has 2 amide bonds. The summed E-state index contributed by atoms with van der Waals surface area (Å²) < 4.78 is 0. The molecule has 1 fully saturated rings. The molecule has 1 rings (SSSR count). The van der Waals surface area contributed by atoms with Crippen LogP contribution < -0.4 is 10.6 Å². The van der Waals surface area contributed by atoms with Crippen LogP contribution in [0.3, 0.4) is 0 Å². The van der Waals surface area contributed by atoms with Crippen molar-refractivity contribution in [1.29, 1.82) is 0 Å². The van der Waals surface area contributed by atoms with Crippen LogP contribution in [0.5, 0.6) is 0 Å². The molecule has 0 aromatic heterocycles. The molecule has 88 valence electrons. The lowest BCUT2D eigenvalue weighted by molar-refractivity contribution is 0.221. The van der Waals surface area contributed by atoms with Gasteiger partial charge < -0.3 is 15.7 Å². The molecule has 0 spiro atoms. The van der Waals surface area contributed by atoms with E-state index in [0.29, 0.717) is 18.5 Å². The van der Waals surface area contributed by atoms with Crippen molar-refractivity contribution in [1.82, 2.24) is 10.6 Å². The SMILES string of the molecule is CCC(CCO)CNC(=O)NC1CCC1. The van der Waals surface area contributed by atoms with E-state index in [-0.39, 0.29) is 12.6 Å². The van der Waals surface area contributed by atoms with Crippen molar-refractivity contribution in [2.45, 2.75) is 45.1 Å². The number of carbonyl (C=O) groups is 1. The van der Waals surface area contributed by atoms with Gasteiger partial charge in [-0.2, -0.15) is 0 Å². The molecule has 0 aliphatic heterocycles. The van der Waals surface area contributed by atoms with E-state index in [1.807, 2.05) is 0 Å². The molecular formula is C11H22N2O2. The van der Waals surface area contributed by atoms with E-state index in [9.17, 15) is 4.79 Å². The predicted octanol–water partition coefficient (Wildman–Crippen LogP) is 1.25. The van der Waals surface area contributed by atoms with Crippen LogP contribution in [0.2, 0.25) is 0 Å². The normalized spacial score (nSPS) is 18.0. The average Bonchev–Trinajstić information content (AvgIpc) is 2.18. The summed E-state index contributed by atoms with van der Waals surface area (Å²) in [4.78, 5) is 11.4. The number of carbonyl (C=O) groups excluding carboxylic acids is 1. The fourth-order valence-electron chi connectivity index (χ4n) is 1.66. The van der Waals surface area contributed by atoms with Gasteiger partial charge in [-0.15, -0.1) is 0 Å². The van der Waals surface area contributed by atoms with Crippen LogP contribution in [0.4, 0.5) is 4.79 Å². The molecule has 0 aromatic carbocycles. The summed E-state index contributed by atoms with van der Waals surface area (Å²) in [5.41, 5.74) is 0. The fourth-order valence-corrected chi connectivity index (χ4v) is 1.66. The third-order valence-electron chi connectivity index (χ3n) is 3.11. The quantitative estimate of drug-likeness (QED) is 0.623. The molecule has 3 N–H and O–H groups in total. The largest absolute Gasteiger partial charge is 0.396 e. The minimum Gasteiger partial charge on any atom is -0.396 e. The Hall–Kier alpha value is -0.770. The molecule has 0 aromatic rings. The van der Waals surface area contributed by atoms with Gasteiger partial charge in [0.25, 0.3) is 0 Å². The topological polar surface area (TPSA) is 61.4 Å². The van der Waals surface area contributed by atoms with Crippen molar-refractivity contribution in [3.63, 3.8) is 0 Å². The number of hydrogen-bond acceptors (Lipinski definition) is 2. The summed E-state index contributed by atoms with van der Waals surface area (Å²) in [6.07, 6.45) is 5.21. The lowest BCUT2D eigenvalue weighted by atomic mass is 9.93. The van der Waals surface area contributed by atoms with Crippen molar-refractivity contribution in [3.8, 4) is 0 Å². The zero-order valence-electron chi connectivity index (χ0n) is 9.46. The van der Waals surface area contributed by atoms with Crippen LogP contribution in [0.1, 0.15) is 39.0 Å². The number of aliphatic hydroxyl groups is 1. The zero-order valence-corrected chi connectivity index (χ0v) is 9.46. The molecule has 1 atom stereocenters. The Morgan fingerprint density at radius 2 is 2.27 bits per heavy atom. The van der Waals surface area contributed by atoms with Crippen LogP contribution in [-0.4, -0.2) is 30.3 Å². The van der Waals surface area contributed by atoms with Gasteiger partial charge in [0.15, 0.2) is 0 Å². The number of nitrogens with one attached hydrogen (secondary N) is 2. The average molecular weight is 214 g/mol. The van der Waals surface area contributed by atoms with E-state index in [4.69, 9.17) is 5.11 Å². The van der Waals surface area contributed by atoms with Gasteiger partial charge in [-0.05, 0) is 31.6 Å². The first-order valence-electron chi connectivity index (χ1n) is 5.91. The highest BCUT2D eigenvalue weighted by Gasteiger charge is 2.19. The van der Waals surface area contributed by atoms with Crippen LogP contribution in [0.25, 0.3) is 0 Å². The third kappa shape index (κ3) is 4.51. The van der Waals surface area contributed by atoms with Crippen LogP contribution in [0, 0.1) is 5.92 Å². The van der Waals surface area contributed by atoms with Crippen LogP contribution in [0.15, 0.2) is 0 Å². The summed E-state index contributed by atoms with van der Waals surface area (Å²) in [5.74, 6) is 0.391. The second-order valence-corrected chi connectivity index (χ2v) is 4.27. The molecule has 1 saturated carbocycles. The Bertz CT molecular complexity index is 193. The summed E-state index contributed by atoms with van der Waals surface area (Å²) in [5, 5.41) is 14.6. The molecule has 15 heavy (non-hydrogen) atoms. The van der Waals surface area contributed by atoms with E-state index < -0.39 is 0 Å². The summed E-state index contributed by atoms with van der Waals surface area (Å²) in [7, 11) is 0. The van der Waals surface area contributed by atoms with Gasteiger partial charge in [-0.1, -0.05) is 13.3 Å². The molecule has 4 nitrogen and oxygen atoms in total. The lowest BCUT2D eigenvalue weighted by Crippen LogP contribution is -2.46. The Kier molecular flexibility index (Phi) is 5.47. The second-order valence-electron chi connectivity index (χ2n) is 4.27. The first-order chi connectivity index (χ1) is 7.26. The van der Waals surface area contributed by atoms with E-state index >= 15 is 0 Å². The van der Waals surface area contributed by atoms with E-state index in [1.54, 1.807) is 0 Å². The molecule has 0 bridgehead atoms. The second kappa shape index (κ2) is 6.67. The smallest absolute Gasteiger partial charge is 0.315 e. The number of hydrogen-bond donors (Lipinski definition) is 3. The number of urea groups is 1. The summed E-state index contributed by atoms with van der Waals surface area (Å²) >= 11 is 0. The zero-order chi connectivity index (χ0) is 11.1. The Balaban J connectivity index is 2.08. The van der Waals surface area contributed by atoms with Gasteiger partial charge in [-0.25, -0.2) is 4.79 Å². The standard InChI is InChI=1S/C11H22N2O2/c1-2-9(6-7-14)8-12-11(15)13-10-4-3-5-10/h9-10,14H,2-8H2,1H3,(H2,12,13,15). The van der Waals surface area contributed by atoms with Gasteiger partial charge in [0.1, 0.15) is 0 Å². The fraction of sp³-hybridized carbons (Fsp3) is 0.909. The van der Waals surface area contributed by atoms with Crippen molar-refractivity contribution in [2.24, 2.45) is 5.92 Å². The summed E-state index contributed by atoms with van der Waals surface area (Å²) in [6.45, 7) is 2.94. The highest BCUT2D eigenvalue weighted by Crippen LogP contribution is 2.17. The highest BCUT2D eigenvalue weighted by molar-refractivity contribution is 5.74. The minimum atomic E-state index is -0.0592. The Morgan fingerprint density at radius 1 is 1.53 bits per heavy atom. The van der Waals surface area contributed by atoms with Crippen molar-refractivity contribution in [2.75, 3.05) is 13.2 Å². The Morgan fingerprint density at radius 3 is 2.73 bits per heavy atom. The Labute approximate surface area is 91.4 Å². The maximum atomic E-state index is 11.4. The van der Waals surface area contributed by atoms with Crippen LogP contribution in [-0.2, 0) is 0 Å². The third-order valence-corrected chi connectivity index (χ3v) is 3.11. The van der Waals surface area contributed by atoms with Gasteiger partial charge in [0.2, 0.25) is 0 Å². The molecule has 1 aliphatic carbocycles. The van der Waals surface area contributed by atoms with E-state index in [0.717, 1.165) is 25.7 Å². The van der Waals surface area contributed by atoms with Crippen molar-refractivity contribution in [3.05, 3.63) is 0 Å². The molecular weight excluding hydrogens is 192 g/mol. The number of amides is 2. The van der Waals surface area contributed by atoms with Gasteiger partial charge in [0, 0.05) is 19.2 Å². The number of rotatable bonds is 6. The molecule has 1 unspecified atom stereocenters. The maximum Gasteiger partial charge on any atom is 0.315 e. The number of aliphatic hydroxyl groups excluding tert-OH is 1. The lowest BCUT2D eigenvalue weighted by Gasteiger charge is -2.26. The summed E-state index contributed by atoms with van der Waals surface area (Å²) in [6, 6.07) is 0.332. The highest BCUT2D eigenvalue weighted by atomic mass is 16.3. The molecule has 4 heteroatoms.